The van der Waals surface area contributed by atoms with Gasteiger partial charge in [-0.2, -0.15) is 0 Å². The van der Waals surface area contributed by atoms with Crippen LogP contribution in [0.3, 0.4) is 0 Å². The summed E-state index contributed by atoms with van der Waals surface area (Å²) in [5.41, 5.74) is 0.422. The Bertz CT molecular complexity index is 468. The number of carbonyl (C=O) groups excluding carboxylic acids is 1. The van der Waals surface area contributed by atoms with Crippen LogP contribution in [0.15, 0.2) is 17.3 Å². The zero-order chi connectivity index (χ0) is 11.0. The number of methoxy groups -OCH3 is 1. The lowest BCUT2D eigenvalue weighted by atomic mass is 10.1. The maximum absolute atomic E-state index is 13.6. The van der Waals surface area contributed by atoms with Crippen LogP contribution in [0.2, 0.25) is 0 Å². The Morgan fingerprint density at radius 2 is 2.27 bits per heavy atom. The molecular formula is C10H8FNO3. The van der Waals surface area contributed by atoms with Crippen molar-refractivity contribution < 1.29 is 19.1 Å². The third-order valence-corrected chi connectivity index (χ3v) is 2.40. The van der Waals surface area contributed by atoms with Gasteiger partial charge in [-0.05, 0) is 12.1 Å². The minimum absolute atomic E-state index is 0.00764. The van der Waals surface area contributed by atoms with Crippen LogP contribution in [0.5, 0.6) is 5.75 Å². The lowest BCUT2D eigenvalue weighted by molar-refractivity contribution is 0.106. The summed E-state index contributed by atoms with van der Waals surface area (Å²) < 4.78 is 18.4. The Balaban J connectivity index is 2.60. The number of Topliss-reactive ketones (excluding diaryl/α,β-unsaturated/α-hetero) is 1. The van der Waals surface area contributed by atoms with E-state index in [2.05, 4.69) is 5.16 Å². The first-order valence-electron chi connectivity index (χ1n) is 4.30. The van der Waals surface area contributed by atoms with E-state index in [9.17, 15) is 9.18 Å². The highest BCUT2D eigenvalue weighted by atomic mass is 19.1. The summed E-state index contributed by atoms with van der Waals surface area (Å²) in [6.07, 6.45) is 0.00764. The Morgan fingerprint density at radius 1 is 1.53 bits per heavy atom. The summed E-state index contributed by atoms with van der Waals surface area (Å²) in [6, 6.07) is 2.85. The van der Waals surface area contributed by atoms with Crippen molar-refractivity contribution in [3.05, 3.63) is 29.1 Å². The van der Waals surface area contributed by atoms with E-state index >= 15 is 0 Å². The monoisotopic (exact) mass is 209 g/mol. The average Bonchev–Trinajstić information content (AvgIpc) is 2.57. The Kier molecular flexibility index (Phi) is 2.15. The van der Waals surface area contributed by atoms with E-state index in [0.29, 0.717) is 0 Å². The molecule has 5 heteroatoms. The summed E-state index contributed by atoms with van der Waals surface area (Å²) in [4.78, 5) is 11.5. The molecule has 15 heavy (non-hydrogen) atoms. The highest BCUT2D eigenvalue weighted by Gasteiger charge is 2.30. The third kappa shape index (κ3) is 1.27. The van der Waals surface area contributed by atoms with Crippen LogP contribution in [-0.4, -0.2) is 23.8 Å². The van der Waals surface area contributed by atoms with Crippen molar-refractivity contribution in [1.82, 2.24) is 0 Å². The lowest BCUT2D eigenvalue weighted by Crippen LogP contribution is -2.06. The van der Waals surface area contributed by atoms with Gasteiger partial charge in [0, 0.05) is 17.5 Å². The maximum Gasteiger partial charge on any atom is 0.211 e. The second kappa shape index (κ2) is 3.34. The molecule has 4 nitrogen and oxygen atoms in total. The molecule has 0 radical (unpaired) electrons. The first kappa shape index (κ1) is 9.64. The minimum Gasteiger partial charge on any atom is -0.494 e. The number of halogens is 1. The molecule has 0 saturated carbocycles. The van der Waals surface area contributed by atoms with E-state index in [1.807, 2.05) is 0 Å². The van der Waals surface area contributed by atoms with E-state index < -0.39 is 11.6 Å². The van der Waals surface area contributed by atoms with Crippen molar-refractivity contribution in [2.45, 2.75) is 6.42 Å². The highest BCUT2D eigenvalue weighted by molar-refractivity contribution is 6.49. The van der Waals surface area contributed by atoms with Gasteiger partial charge in [-0.25, -0.2) is 4.39 Å². The zero-order valence-electron chi connectivity index (χ0n) is 7.95. The molecule has 1 aromatic carbocycles. The number of carbonyl (C=O) groups is 1. The molecule has 0 spiro atoms. The lowest BCUT2D eigenvalue weighted by Gasteiger charge is -2.04. The van der Waals surface area contributed by atoms with E-state index in [4.69, 9.17) is 9.94 Å². The van der Waals surface area contributed by atoms with Crippen LogP contribution >= 0.6 is 0 Å². The fourth-order valence-corrected chi connectivity index (χ4v) is 1.63. The van der Waals surface area contributed by atoms with E-state index in [-0.39, 0.29) is 29.0 Å². The normalized spacial score (nSPS) is 16.9. The number of fused-ring (bicyclic) bond motifs is 1. The number of ketones is 1. The molecule has 1 N–H and O–H groups in total. The van der Waals surface area contributed by atoms with Crippen molar-refractivity contribution in [3.63, 3.8) is 0 Å². The Morgan fingerprint density at radius 3 is 2.87 bits per heavy atom. The van der Waals surface area contributed by atoms with Crippen molar-refractivity contribution >= 4 is 11.5 Å². The van der Waals surface area contributed by atoms with Crippen molar-refractivity contribution in [3.8, 4) is 5.75 Å². The van der Waals surface area contributed by atoms with E-state index in [0.717, 1.165) is 0 Å². The number of benzene rings is 1. The molecule has 0 aromatic heterocycles. The third-order valence-electron chi connectivity index (χ3n) is 2.40. The molecule has 0 unspecified atom stereocenters. The predicted octanol–water partition coefficient (Wildman–Crippen LogP) is 1.40. The molecule has 1 aliphatic rings. The molecule has 0 bridgehead atoms. The molecule has 0 atom stereocenters. The summed E-state index contributed by atoms with van der Waals surface area (Å²) in [6.45, 7) is 0. The SMILES string of the molecule is COc1ccc2c(c1F)CC(=NO)C2=O. The summed E-state index contributed by atoms with van der Waals surface area (Å²) in [5, 5.41) is 11.4. The van der Waals surface area contributed by atoms with Crippen LogP contribution in [0.4, 0.5) is 4.39 Å². The smallest absolute Gasteiger partial charge is 0.211 e. The fraction of sp³-hybridized carbons (Fsp3) is 0.200. The molecule has 0 fully saturated rings. The molecule has 0 saturated heterocycles. The minimum atomic E-state index is -0.568. The molecule has 0 amide bonds. The van der Waals surface area contributed by atoms with Gasteiger partial charge < -0.3 is 9.94 Å². The van der Waals surface area contributed by atoms with Gasteiger partial charge in [0.1, 0.15) is 5.71 Å². The van der Waals surface area contributed by atoms with Crippen LogP contribution < -0.4 is 4.74 Å². The van der Waals surface area contributed by atoms with Crippen LogP contribution in [-0.2, 0) is 6.42 Å². The predicted molar refractivity (Wildman–Crippen MR) is 50.2 cm³/mol. The van der Waals surface area contributed by atoms with Crippen LogP contribution in [0.25, 0.3) is 0 Å². The summed E-state index contributed by atoms with van der Waals surface area (Å²) >= 11 is 0. The van der Waals surface area contributed by atoms with E-state index in [1.54, 1.807) is 0 Å². The summed E-state index contributed by atoms with van der Waals surface area (Å²) in [5.74, 6) is -0.920. The van der Waals surface area contributed by atoms with Gasteiger partial charge in [-0.3, -0.25) is 4.79 Å². The molecule has 1 aliphatic carbocycles. The number of rotatable bonds is 1. The van der Waals surface area contributed by atoms with Gasteiger partial charge >= 0.3 is 0 Å². The Labute approximate surface area is 85.0 Å². The van der Waals surface area contributed by atoms with Gasteiger partial charge in [0.2, 0.25) is 5.78 Å². The second-order valence-electron chi connectivity index (χ2n) is 3.16. The fourth-order valence-electron chi connectivity index (χ4n) is 1.63. The topological polar surface area (TPSA) is 58.9 Å². The quantitative estimate of drug-likeness (QED) is 0.561. The summed E-state index contributed by atoms with van der Waals surface area (Å²) in [7, 11) is 1.35. The van der Waals surface area contributed by atoms with Crippen LogP contribution in [0.1, 0.15) is 15.9 Å². The first-order chi connectivity index (χ1) is 7.19. The van der Waals surface area contributed by atoms with Gasteiger partial charge in [0.25, 0.3) is 0 Å². The van der Waals surface area contributed by atoms with Crippen molar-refractivity contribution in [2.75, 3.05) is 7.11 Å². The molecule has 0 heterocycles. The average molecular weight is 209 g/mol. The number of nitrogens with zero attached hydrogens (tertiary/aromatic N) is 1. The number of hydrogen-bond donors (Lipinski definition) is 1. The van der Waals surface area contributed by atoms with Crippen molar-refractivity contribution in [1.29, 1.82) is 0 Å². The van der Waals surface area contributed by atoms with Crippen molar-refractivity contribution in [2.24, 2.45) is 5.16 Å². The second-order valence-corrected chi connectivity index (χ2v) is 3.16. The molecule has 78 valence electrons. The zero-order valence-corrected chi connectivity index (χ0v) is 7.95. The molecule has 0 aliphatic heterocycles. The highest BCUT2D eigenvalue weighted by Crippen LogP contribution is 2.29. The largest absolute Gasteiger partial charge is 0.494 e. The van der Waals surface area contributed by atoms with Gasteiger partial charge in [-0.15, -0.1) is 0 Å². The maximum atomic E-state index is 13.6. The van der Waals surface area contributed by atoms with Gasteiger partial charge in [0.05, 0.1) is 7.11 Å². The van der Waals surface area contributed by atoms with Gasteiger partial charge in [0.15, 0.2) is 11.6 Å². The Hall–Kier alpha value is -1.91. The number of hydrogen-bond acceptors (Lipinski definition) is 4. The number of ether oxygens (including phenoxy) is 1. The number of oxime groups is 1. The molecular weight excluding hydrogens is 201 g/mol. The van der Waals surface area contributed by atoms with E-state index in [1.165, 1.54) is 19.2 Å². The molecule has 2 rings (SSSR count). The van der Waals surface area contributed by atoms with Crippen LogP contribution in [0, 0.1) is 5.82 Å². The van der Waals surface area contributed by atoms with Gasteiger partial charge in [-0.1, -0.05) is 5.16 Å². The first-order valence-corrected chi connectivity index (χ1v) is 4.30. The standard InChI is InChI=1S/C10H8FNO3/c1-15-8-3-2-5-6(9(8)11)4-7(12-14)10(5)13/h2-3,14H,4H2,1H3. The molecule has 1 aromatic rings.